The van der Waals surface area contributed by atoms with Gasteiger partial charge in [-0.05, 0) is 70.6 Å². The fraction of sp³-hybridized carbons (Fsp3) is 0.500. The SMILES string of the molecule is Cc1ccc(Oc2ccc(C(=O)N3CCCN(C4CC4)CC3)cc2CN(C)C)cn1. The van der Waals surface area contributed by atoms with Crippen molar-refractivity contribution < 1.29 is 9.53 Å². The number of carbonyl (C=O) groups excluding carboxylic acids is 1. The van der Waals surface area contributed by atoms with Gasteiger partial charge in [0.05, 0.1) is 6.20 Å². The summed E-state index contributed by atoms with van der Waals surface area (Å²) in [5.74, 6) is 1.59. The van der Waals surface area contributed by atoms with Gasteiger partial charge in [0.1, 0.15) is 11.5 Å². The number of amides is 1. The van der Waals surface area contributed by atoms with Gasteiger partial charge in [0.25, 0.3) is 5.91 Å². The van der Waals surface area contributed by atoms with E-state index in [0.717, 1.165) is 61.2 Å². The van der Waals surface area contributed by atoms with Crippen LogP contribution in [0.5, 0.6) is 11.5 Å². The normalized spacial score (nSPS) is 17.8. The zero-order valence-corrected chi connectivity index (χ0v) is 18.3. The van der Waals surface area contributed by atoms with E-state index in [4.69, 9.17) is 4.74 Å². The molecule has 1 saturated heterocycles. The van der Waals surface area contributed by atoms with Gasteiger partial charge in [0.2, 0.25) is 0 Å². The Labute approximate surface area is 179 Å². The maximum Gasteiger partial charge on any atom is 0.253 e. The van der Waals surface area contributed by atoms with Crippen molar-refractivity contribution in [2.75, 3.05) is 40.3 Å². The topological polar surface area (TPSA) is 48.9 Å². The molecular formula is C24H32N4O2. The minimum atomic E-state index is 0.121. The molecule has 1 saturated carbocycles. The highest BCUT2D eigenvalue weighted by atomic mass is 16.5. The standard InChI is InChI=1S/C24H32N4O2/c1-18-5-9-22(16-25-18)30-23-10-6-19(15-20(23)17-26(2)3)24(29)28-12-4-11-27(13-14-28)21-7-8-21/h5-6,9-10,15-16,21H,4,7-8,11-14,17H2,1-3H3. The molecule has 160 valence electrons. The summed E-state index contributed by atoms with van der Waals surface area (Å²) >= 11 is 0. The molecule has 4 rings (SSSR count). The number of hydrogen-bond acceptors (Lipinski definition) is 5. The van der Waals surface area contributed by atoms with E-state index in [1.54, 1.807) is 6.20 Å². The van der Waals surface area contributed by atoms with E-state index in [9.17, 15) is 4.79 Å². The molecule has 0 spiro atoms. The lowest BCUT2D eigenvalue weighted by Crippen LogP contribution is -2.35. The highest BCUT2D eigenvalue weighted by Crippen LogP contribution is 2.29. The van der Waals surface area contributed by atoms with Crippen LogP contribution in [-0.2, 0) is 6.54 Å². The predicted octanol–water partition coefficient (Wildman–Crippen LogP) is 3.55. The van der Waals surface area contributed by atoms with E-state index in [0.29, 0.717) is 12.3 Å². The van der Waals surface area contributed by atoms with Gasteiger partial charge in [0.15, 0.2) is 0 Å². The van der Waals surface area contributed by atoms with Crippen molar-refractivity contribution in [3.63, 3.8) is 0 Å². The third kappa shape index (κ3) is 5.18. The Morgan fingerprint density at radius 2 is 1.97 bits per heavy atom. The molecule has 6 heteroatoms. The number of benzene rings is 1. The number of rotatable bonds is 6. The first-order valence-electron chi connectivity index (χ1n) is 10.9. The second-order valence-electron chi connectivity index (χ2n) is 8.71. The van der Waals surface area contributed by atoms with Gasteiger partial charge in [0, 0.05) is 55.6 Å². The molecule has 6 nitrogen and oxygen atoms in total. The van der Waals surface area contributed by atoms with Crippen LogP contribution in [0.4, 0.5) is 0 Å². The van der Waals surface area contributed by atoms with Crippen molar-refractivity contribution in [2.45, 2.75) is 38.8 Å². The van der Waals surface area contributed by atoms with Crippen LogP contribution < -0.4 is 4.74 Å². The zero-order chi connectivity index (χ0) is 21.1. The van der Waals surface area contributed by atoms with Crippen LogP contribution in [0, 0.1) is 6.92 Å². The Bertz CT molecular complexity index is 877. The average Bonchev–Trinajstić information content (AvgIpc) is 3.56. The summed E-state index contributed by atoms with van der Waals surface area (Å²) in [6, 6.07) is 10.4. The lowest BCUT2D eigenvalue weighted by atomic mass is 10.1. The highest BCUT2D eigenvalue weighted by molar-refractivity contribution is 5.94. The van der Waals surface area contributed by atoms with E-state index >= 15 is 0 Å². The highest BCUT2D eigenvalue weighted by Gasteiger charge is 2.31. The van der Waals surface area contributed by atoms with E-state index in [-0.39, 0.29) is 5.91 Å². The molecular weight excluding hydrogens is 376 g/mol. The van der Waals surface area contributed by atoms with Crippen molar-refractivity contribution >= 4 is 5.91 Å². The summed E-state index contributed by atoms with van der Waals surface area (Å²) in [4.78, 5) is 24.2. The summed E-state index contributed by atoms with van der Waals surface area (Å²) in [6.45, 7) is 6.39. The molecule has 0 atom stereocenters. The fourth-order valence-electron chi connectivity index (χ4n) is 4.05. The molecule has 0 N–H and O–H groups in total. The molecule has 30 heavy (non-hydrogen) atoms. The van der Waals surface area contributed by atoms with Crippen molar-refractivity contribution in [3.8, 4) is 11.5 Å². The van der Waals surface area contributed by atoms with Crippen LogP contribution in [-0.4, -0.2) is 71.9 Å². The van der Waals surface area contributed by atoms with Gasteiger partial charge < -0.3 is 14.5 Å². The van der Waals surface area contributed by atoms with Crippen LogP contribution in [0.25, 0.3) is 0 Å². The molecule has 2 aromatic rings. The van der Waals surface area contributed by atoms with Gasteiger partial charge in [-0.3, -0.25) is 14.7 Å². The maximum absolute atomic E-state index is 13.2. The number of hydrogen-bond donors (Lipinski definition) is 0. The summed E-state index contributed by atoms with van der Waals surface area (Å²) in [7, 11) is 4.04. The molecule has 1 aliphatic carbocycles. The van der Waals surface area contributed by atoms with Crippen LogP contribution in [0.15, 0.2) is 36.5 Å². The molecule has 2 aliphatic rings. The number of nitrogens with zero attached hydrogens (tertiary/aromatic N) is 4. The van der Waals surface area contributed by atoms with Gasteiger partial charge in [-0.1, -0.05) is 0 Å². The van der Waals surface area contributed by atoms with E-state index < -0.39 is 0 Å². The van der Waals surface area contributed by atoms with E-state index in [1.165, 1.54) is 12.8 Å². The Balaban J connectivity index is 1.51. The average molecular weight is 409 g/mol. The Hall–Kier alpha value is -2.44. The van der Waals surface area contributed by atoms with Crippen LogP contribution in [0.3, 0.4) is 0 Å². The largest absolute Gasteiger partial charge is 0.455 e. The Morgan fingerprint density at radius 3 is 2.67 bits per heavy atom. The first kappa shape index (κ1) is 20.8. The second-order valence-corrected chi connectivity index (χ2v) is 8.71. The molecule has 0 radical (unpaired) electrons. The summed E-state index contributed by atoms with van der Waals surface area (Å²) in [6.07, 6.45) is 5.42. The molecule has 1 aliphatic heterocycles. The summed E-state index contributed by atoms with van der Waals surface area (Å²) in [5, 5.41) is 0. The van der Waals surface area contributed by atoms with Gasteiger partial charge in [-0.2, -0.15) is 0 Å². The van der Waals surface area contributed by atoms with Gasteiger partial charge in [-0.15, -0.1) is 0 Å². The first-order valence-corrected chi connectivity index (χ1v) is 10.9. The summed E-state index contributed by atoms with van der Waals surface area (Å²) in [5.41, 5.74) is 2.69. The minimum Gasteiger partial charge on any atom is -0.455 e. The molecule has 1 aromatic carbocycles. The van der Waals surface area contributed by atoms with Gasteiger partial charge in [-0.25, -0.2) is 0 Å². The third-order valence-electron chi connectivity index (χ3n) is 5.79. The van der Waals surface area contributed by atoms with Crippen LogP contribution >= 0.6 is 0 Å². The van der Waals surface area contributed by atoms with Crippen LogP contribution in [0.1, 0.15) is 40.9 Å². The predicted molar refractivity (Wildman–Crippen MR) is 118 cm³/mol. The second kappa shape index (κ2) is 9.14. The monoisotopic (exact) mass is 408 g/mol. The number of pyridine rings is 1. The Kier molecular flexibility index (Phi) is 6.35. The zero-order valence-electron chi connectivity index (χ0n) is 18.3. The molecule has 2 fully saturated rings. The maximum atomic E-state index is 13.2. The third-order valence-corrected chi connectivity index (χ3v) is 5.79. The molecule has 2 heterocycles. The number of aryl methyl sites for hydroxylation is 1. The van der Waals surface area contributed by atoms with Gasteiger partial charge >= 0.3 is 0 Å². The smallest absolute Gasteiger partial charge is 0.253 e. The fourth-order valence-corrected chi connectivity index (χ4v) is 4.05. The molecule has 0 bridgehead atoms. The van der Waals surface area contributed by atoms with Crippen LogP contribution in [0.2, 0.25) is 0 Å². The molecule has 1 aromatic heterocycles. The summed E-state index contributed by atoms with van der Waals surface area (Å²) < 4.78 is 6.09. The molecule has 1 amide bonds. The number of aromatic nitrogens is 1. The molecule has 0 unspecified atom stereocenters. The van der Waals surface area contributed by atoms with Crippen molar-refractivity contribution in [1.29, 1.82) is 0 Å². The number of ether oxygens (including phenoxy) is 1. The van der Waals surface area contributed by atoms with Crippen molar-refractivity contribution in [1.82, 2.24) is 19.7 Å². The van der Waals surface area contributed by atoms with E-state index in [1.807, 2.05) is 56.3 Å². The first-order chi connectivity index (χ1) is 14.5. The number of carbonyl (C=O) groups is 1. The lowest BCUT2D eigenvalue weighted by molar-refractivity contribution is 0.0760. The van der Waals surface area contributed by atoms with Crippen molar-refractivity contribution in [2.24, 2.45) is 0 Å². The minimum absolute atomic E-state index is 0.121. The van der Waals surface area contributed by atoms with Crippen molar-refractivity contribution in [3.05, 3.63) is 53.3 Å². The quantitative estimate of drug-likeness (QED) is 0.732. The lowest BCUT2D eigenvalue weighted by Gasteiger charge is -2.23. The van der Waals surface area contributed by atoms with E-state index in [2.05, 4.69) is 14.8 Å². The Morgan fingerprint density at radius 1 is 1.13 bits per heavy atom.